The number of carbonyl (C=O) groups is 2. The van der Waals surface area contributed by atoms with Crippen molar-refractivity contribution in [3.8, 4) is 0 Å². The Kier molecular flexibility index (Phi) is 16.1. The van der Waals surface area contributed by atoms with Crippen LogP contribution < -0.4 is 5.32 Å². The summed E-state index contributed by atoms with van der Waals surface area (Å²) in [7, 11) is -4.44. The molecule has 0 aliphatic carbocycles. The number of nitrogens with one attached hydrogen (secondary N) is 1. The van der Waals surface area contributed by atoms with Gasteiger partial charge in [0.1, 0.15) is 5.60 Å². The molecule has 0 spiro atoms. The van der Waals surface area contributed by atoms with Crippen LogP contribution in [0.4, 0.5) is 16.2 Å². The number of nitro benzene ring substituents is 2. The van der Waals surface area contributed by atoms with Crippen LogP contribution in [0.25, 0.3) is 0 Å². The van der Waals surface area contributed by atoms with Gasteiger partial charge < -0.3 is 29.0 Å². The number of nitro groups is 2. The summed E-state index contributed by atoms with van der Waals surface area (Å²) in [5.41, 5.74) is -0.787. The number of rotatable bonds is 21. The van der Waals surface area contributed by atoms with Gasteiger partial charge in [-0.05, 0) is 38.5 Å². The SMILES string of the molecule is CC(C)(C)OC(=O)NCCOCCOCCOCCOCCC(=O)N(Cc1ccc([N+](=O)[O-])cc1)S(=O)(=O)c1ccc([N+](=O)[O-])cc1. The second-order valence-corrected chi connectivity index (χ2v) is 12.6. The van der Waals surface area contributed by atoms with Crippen molar-refractivity contribution in [3.63, 3.8) is 0 Å². The van der Waals surface area contributed by atoms with Crippen LogP contribution >= 0.6 is 0 Å². The lowest BCUT2D eigenvalue weighted by molar-refractivity contribution is -0.385. The molecule has 0 radical (unpaired) electrons. The van der Waals surface area contributed by atoms with E-state index in [1.165, 1.54) is 24.3 Å². The van der Waals surface area contributed by atoms with E-state index in [9.17, 15) is 38.2 Å². The van der Waals surface area contributed by atoms with Crippen molar-refractivity contribution in [1.29, 1.82) is 0 Å². The second-order valence-electron chi connectivity index (χ2n) is 10.7. The Morgan fingerprint density at radius 1 is 0.745 bits per heavy atom. The predicted octanol–water partition coefficient (Wildman–Crippen LogP) is 3.20. The third-order valence-corrected chi connectivity index (χ3v) is 7.66. The van der Waals surface area contributed by atoms with Gasteiger partial charge in [-0.2, -0.15) is 0 Å². The molecule has 0 atom stereocenters. The number of alkyl carbamates (subject to hydrolysis) is 1. The third-order valence-electron chi connectivity index (χ3n) is 5.88. The van der Waals surface area contributed by atoms with Crippen LogP contribution in [0.15, 0.2) is 53.4 Å². The molecule has 2 amide bonds. The van der Waals surface area contributed by atoms with Gasteiger partial charge in [-0.3, -0.25) is 25.0 Å². The van der Waals surface area contributed by atoms with E-state index in [0.717, 1.165) is 24.3 Å². The van der Waals surface area contributed by atoms with Crippen LogP contribution in [-0.2, 0) is 45.0 Å². The molecule has 1 N–H and O–H groups in total. The molecule has 17 nitrogen and oxygen atoms in total. The van der Waals surface area contributed by atoms with Crippen molar-refractivity contribution in [3.05, 3.63) is 74.3 Å². The van der Waals surface area contributed by atoms with Crippen molar-refractivity contribution in [1.82, 2.24) is 9.62 Å². The van der Waals surface area contributed by atoms with Gasteiger partial charge in [0.05, 0.1) is 80.6 Å². The topological polar surface area (TPSA) is 216 Å². The van der Waals surface area contributed by atoms with E-state index in [0.29, 0.717) is 42.8 Å². The first-order chi connectivity index (χ1) is 22.2. The molecule has 2 aromatic carbocycles. The molecule has 0 unspecified atom stereocenters. The summed E-state index contributed by atoms with van der Waals surface area (Å²) in [4.78, 5) is 44.9. The molecule has 0 bridgehead atoms. The number of hydrogen-bond donors (Lipinski definition) is 1. The van der Waals surface area contributed by atoms with Crippen LogP contribution in [0.1, 0.15) is 32.8 Å². The van der Waals surface area contributed by atoms with Crippen molar-refractivity contribution >= 4 is 33.4 Å². The highest BCUT2D eigenvalue weighted by atomic mass is 32.2. The zero-order valence-electron chi connectivity index (χ0n) is 26.5. The molecule has 0 aliphatic rings. The Hall–Kier alpha value is -4.23. The standard InChI is InChI=1S/C29H40N4O13S/c1-29(2,3)46-28(35)30-13-15-43-17-19-45-21-20-44-18-16-42-14-12-27(34)31(22-23-4-6-24(7-5-23)32(36)37)47(40,41)26-10-8-25(9-11-26)33(38)39/h4-11H,12-22H2,1-3H3,(H,30,35). The molecule has 2 rings (SSSR count). The molecule has 0 aliphatic heterocycles. The normalized spacial score (nSPS) is 11.6. The van der Waals surface area contributed by atoms with Crippen molar-refractivity contribution in [2.24, 2.45) is 0 Å². The maximum Gasteiger partial charge on any atom is 0.407 e. The van der Waals surface area contributed by atoms with Crippen LogP contribution in [0.3, 0.4) is 0 Å². The summed E-state index contributed by atoms with van der Waals surface area (Å²) < 4.78 is 54.0. The number of non-ortho nitro benzene ring substituents is 2. The summed E-state index contributed by atoms with van der Waals surface area (Å²) in [5.74, 6) is -0.807. The Morgan fingerprint density at radius 2 is 1.19 bits per heavy atom. The van der Waals surface area contributed by atoms with Crippen molar-refractivity contribution in [2.45, 2.75) is 44.2 Å². The number of carbonyl (C=O) groups excluding carboxylic acids is 2. The van der Waals surface area contributed by atoms with Gasteiger partial charge in [0.25, 0.3) is 21.4 Å². The van der Waals surface area contributed by atoms with E-state index >= 15 is 0 Å². The lowest BCUT2D eigenvalue weighted by Gasteiger charge is -2.23. The van der Waals surface area contributed by atoms with Crippen LogP contribution in [-0.4, -0.2) is 99.6 Å². The quantitative estimate of drug-likeness (QED) is 0.114. The summed E-state index contributed by atoms with van der Waals surface area (Å²) >= 11 is 0. The van der Waals surface area contributed by atoms with Crippen LogP contribution in [0.5, 0.6) is 0 Å². The minimum atomic E-state index is -4.44. The molecule has 0 aromatic heterocycles. The fraction of sp³-hybridized carbons (Fsp3) is 0.517. The number of sulfonamides is 1. The van der Waals surface area contributed by atoms with E-state index in [-0.39, 0.29) is 49.1 Å². The van der Waals surface area contributed by atoms with E-state index in [2.05, 4.69) is 5.32 Å². The molecule has 0 heterocycles. The highest BCUT2D eigenvalue weighted by Gasteiger charge is 2.30. The van der Waals surface area contributed by atoms with Crippen molar-refractivity contribution < 1.29 is 51.5 Å². The lowest BCUT2D eigenvalue weighted by Crippen LogP contribution is -2.37. The molecular formula is C29H40N4O13S. The van der Waals surface area contributed by atoms with Gasteiger partial charge in [0.2, 0.25) is 5.91 Å². The minimum absolute atomic E-state index is 0.120. The number of nitrogens with zero attached hydrogens (tertiary/aromatic N) is 3. The Labute approximate surface area is 272 Å². The van der Waals surface area contributed by atoms with E-state index < -0.39 is 44.0 Å². The Morgan fingerprint density at radius 3 is 1.66 bits per heavy atom. The number of ether oxygens (including phenoxy) is 5. The van der Waals surface area contributed by atoms with Crippen LogP contribution in [0, 0.1) is 20.2 Å². The van der Waals surface area contributed by atoms with Crippen LogP contribution in [0.2, 0.25) is 0 Å². The molecular weight excluding hydrogens is 644 g/mol. The zero-order chi connectivity index (χ0) is 34.9. The minimum Gasteiger partial charge on any atom is -0.444 e. The number of benzene rings is 2. The van der Waals surface area contributed by atoms with Gasteiger partial charge >= 0.3 is 6.09 Å². The predicted molar refractivity (Wildman–Crippen MR) is 166 cm³/mol. The first-order valence-corrected chi connectivity index (χ1v) is 16.0. The first kappa shape index (κ1) is 39.0. The van der Waals surface area contributed by atoms with Gasteiger partial charge in [-0.25, -0.2) is 17.5 Å². The average molecular weight is 685 g/mol. The fourth-order valence-electron chi connectivity index (χ4n) is 3.65. The van der Waals surface area contributed by atoms with Gasteiger partial charge in [-0.15, -0.1) is 0 Å². The van der Waals surface area contributed by atoms with Crippen molar-refractivity contribution in [2.75, 3.05) is 59.4 Å². The highest BCUT2D eigenvalue weighted by Crippen LogP contribution is 2.23. The summed E-state index contributed by atoms with van der Waals surface area (Å²) in [6, 6.07) is 9.13. The lowest BCUT2D eigenvalue weighted by atomic mass is 10.2. The monoisotopic (exact) mass is 684 g/mol. The van der Waals surface area contributed by atoms with Gasteiger partial charge in [-0.1, -0.05) is 12.1 Å². The summed E-state index contributed by atoms with van der Waals surface area (Å²) in [5, 5.41) is 24.5. The van der Waals surface area contributed by atoms with E-state index in [4.69, 9.17) is 23.7 Å². The molecule has 0 fully saturated rings. The van der Waals surface area contributed by atoms with E-state index in [1.807, 2.05) is 0 Å². The fourth-order valence-corrected chi connectivity index (χ4v) is 5.06. The maximum absolute atomic E-state index is 13.4. The number of hydrogen-bond acceptors (Lipinski definition) is 13. The summed E-state index contributed by atoms with van der Waals surface area (Å²) in [6.45, 7) is 6.93. The number of amides is 2. The van der Waals surface area contributed by atoms with Gasteiger partial charge in [0, 0.05) is 30.8 Å². The Bertz CT molecular complexity index is 1410. The third kappa shape index (κ3) is 14.8. The second kappa shape index (κ2) is 19.4. The Balaban J connectivity index is 1.72. The van der Waals surface area contributed by atoms with E-state index in [1.54, 1.807) is 20.8 Å². The average Bonchev–Trinajstić information content (AvgIpc) is 3.00. The molecule has 260 valence electrons. The molecule has 0 saturated carbocycles. The van der Waals surface area contributed by atoms with Gasteiger partial charge in [0.15, 0.2) is 0 Å². The zero-order valence-corrected chi connectivity index (χ0v) is 27.3. The smallest absolute Gasteiger partial charge is 0.407 e. The molecule has 47 heavy (non-hydrogen) atoms. The molecule has 0 saturated heterocycles. The summed E-state index contributed by atoms with van der Waals surface area (Å²) in [6.07, 6.45) is -0.824. The molecule has 18 heteroatoms. The first-order valence-electron chi connectivity index (χ1n) is 14.5. The highest BCUT2D eigenvalue weighted by molar-refractivity contribution is 7.89. The largest absolute Gasteiger partial charge is 0.444 e. The molecule has 2 aromatic rings. The maximum atomic E-state index is 13.4.